The summed E-state index contributed by atoms with van der Waals surface area (Å²) >= 11 is 0. The lowest BCUT2D eigenvalue weighted by Gasteiger charge is -2.08. The normalized spacial score (nSPS) is 50.3. The van der Waals surface area contributed by atoms with Gasteiger partial charge in [0, 0.05) is 0 Å². The van der Waals surface area contributed by atoms with Crippen molar-refractivity contribution < 1.29 is 9.53 Å². The zero-order chi connectivity index (χ0) is 12.3. The van der Waals surface area contributed by atoms with Gasteiger partial charge in [0.05, 0.1) is 11.7 Å². The molecule has 17 heavy (non-hydrogen) atoms. The Kier molecular flexibility index (Phi) is 2.32. The van der Waals surface area contributed by atoms with Crippen molar-refractivity contribution in [3.63, 3.8) is 0 Å². The quantitative estimate of drug-likeness (QED) is 0.515. The van der Waals surface area contributed by atoms with Crippen molar-refractivity contribution in [1.82, 2.24) is 0 Å². The van der Waals surface area contributed by atoms with Crippen LogP contribution in [0.2, 0.25) is 0 Å². The number of fused-ring (bicyclic) bond motifs is 2. The highest BCUT2D eigenvalue weighted by Gasteiger charge is 2.59. The third-order valence-electron chi connectivity index (χ3n) is 5.37. The standard InChI is InChI=1S/C15H22O2/c1-14(2)11-6-7-15(3)13(17-15)5-4-10(9-16)8-12(11)14/h8-9,11-13H,4-7H2,1-3H3/b10-8-/t11-,12+,13-,15-/m1/s1. The summed E-state index contributed by atoms with van der Waals surface area (Å²) in [5, 5.41) is 0. The van der Waals surface area contributed by atoms with Crippen molar-refractivity contribution in [3.8, 4) is 0 Å². The van der Waals surface area contributed by atoms with Crippen LogP contribution in [-0.2, 0) is 9.53 Å². The molecule has 0 N–H and O–H groups in total. The molecule has 0 radical (unpaired) electrons. The molecule has 1 saturated heterocycles. The van der Waals surface area contributed by atoms with Crippen molar-refractivity contribution in [1.29, 1.82) is 0 Å². The first kappa shape index (κ1) is 11.5. The van der Waals surface area contributed by atoms with Crippen molar-refractivity contribution in [2.45, 2.75) is 58.2 Å². The number of hydrogen-bond acceptors (Lipinski definition) is 2. The summed E-state index contributed by atoms with van der Waals surface area (Å²) in [5.41, 5.74) is 1.50. The average Bonchev–Trinajstić information content (AvgIpc) is 3.07. The molecule has 2 aliphatic carbocycles. The predicted octanol–water partition coefficient (Wildman–Crippen LogP) is 3.12. The molecule has 4 atom stereocenters. The molecule has 0 aromatic heterocycles. The summed E-state index contributed by atoms with van der Waals surface area (Å²) in [5.74, 6) is 1.36. The maximum Gasteiger partial charge on any atom is 0.145 e. The highest BCUT2D eigenvalue weighted by Crippen LogP contribution is 2.63. The van der Waals surface area contributed by atoms with E-state index < -0.39 is 0 Å². The minimum atomic E-state index is 0.120. The van der Waals surface area contributed by atoms with E-state index in [4.69, 9.17) is 4.74 Å². The molecule has 0 amide bonds. The summed E-state index contributed by atoms with van der Waals surface area (Å²) in [6.45, 7) is 6.88. The number of carbonyl (C=O) groups excluding carboxylic acids is 1. The van der Waals surface area contributed by atoms with Crippen LogP contribution in [0.25, 0.3) is 0 Å². The maximum absolute atomic E-state index is 11.1. The molecule has 0 bridgehead atoms. The maximum atomic E-state index is 11.1. The van der Waals surface area contributed by atoms with Crippen molar-refractivity contribution in [2.75, 3.05) is 0 Å². The van der Waals surface area contributed by atoms with Gasteiger partial charge in [-0.2, -0.15) is 0 Å². The lowest BCUT2D eigenvalue weighted by Crippen LogP contribution is -2.11. The van der Waals surface area contributed by atoms with Gasteiger partial charge in [0.25, 0.3) is 0 Å². The second-order valence-electron chi connectivity index (χ2n) is 6.81. The van der Waals surface area contributed by atoms with E-state index >= 15 is 0 Å². The molecule has 0 spiro atoms. The minimum absolute atomic E-state index is 0.120. The Bertz CT molecular complexity index is 382. The van der Waals surface area contributed by atoms with E-state index in [1.165, 1.54) is 12.8 Å². The highest BCUT2D eigenvalue weighted by molar-refractivity contribution is 5.73. The van der Waals surface area contributed by atoms with Crippen LogP contribution < -0.4 is 0 Å². The van der Waals surface area contributed by atoms with Gasteiger partial charge in [0.15, 0.2) is 0 Å². The number of rotatable bonds is 1. The summed E-state index contributed by atoms with van der Waals surface area (Å²) < 4.78 is 5.82. The van der Waals surface area contributed by atoms with Crippen LogP contribution in [-0.4, -0.2) is 18.0 Å². The fourth-order valence-electron chi connectivity index (χ4n) is 3.70. The molecule has 1 saturated carbocycles. The van der Waals surface area contributed by atoms with Gasteiger partial charge in [-0.25, -0.2) is 0 Å². The first-order valence-electron chi connectivity index (χ1n) is 6.81. The van der Waals surface area contributed by atoms with E-state index in [-0.39, 0.29) is 5.60 Å². The summed E-state index contributed by atoms with van der Waals surface area (Å²) in [4.78, 5) is 11.1. The van der Waals surface area contributed by atoms with Gasteiger partial charge in [0.2, 0.25) is 0 Å². The van der Waals surface area contributed by atoms with Gasteiger partial charge in [-0.15, -0.1) is 0 Å². The molecule has 0 unspecified atom stereocenters. The molecular weight excluding hydrogens is 212 g/mol. The van der Waals surface area contributed by atoms with Crippen LogP contribution in [0.15, 0.2) is 11.6 Å². The molecule has 2 heteroatoms. The van der Waals surface area contributed by atoms with Gasteiger partial charge in [0.1, 0.15) is 6.29 Å². The van der Waals surface area contributed by atoms with E-state index in [0.717, 1.165) is 30.6 Å². The Balaban J connectivity index is 1.81. The smallest absolute Gasteiger partial charge is 0.145 e. The highest BCUT2D eigenvalue weighted by atomic mass is 16.6. The van der Waals surface area contributed by atoms with E-state index in [2.05, 4.69) is 26.8 Å². The predicted molar refractivity (Wildman–Crippen MR) is 66.7 cm³/mol. The van der Waals surface area contributed by atoms with Gasteiger partial charge in [-0.3, -0.25) is 4.79 Å². The van der Waals surface area contributed by atoms with Gasteiger partial charge in [-0.1, -0.05) is 19.9 Å². The first-order chi connectivity index (χ1) is 7.97. The average molecular weight is 234 g/mol. The Hall–Kier alpha value is -0.630. The lowest BCUT2D eigenvalue weighted by atomic mass is 9.93. The number of hydrogen-bond donors (Lipinski definition) is 0. The number of epoxide rings is 1. The fraction of sp³-hybridized carbons (Fsp3) is 0.800. The number of ether oxygens (including phenoxy) is 1. The molecule has 2 nitrogen and oxygen atoms in total. The first-order valence-corrected chi connectivity index (χ1v) is 6.81. The van der Waals surface area contributed by atoms with Crippen LogP contribution in [0, 0.1) is 17.3 Å². The molecule has 0 aromatic rings. The van der Waals surface area contributed by atoms with Crippen LogP contribution in [0.5, 0.6) is 0 Å². The Morgan fingerprint density at radius 1 is 1.35 bits per heavy atom. The third kappa shape index (κ3) is 1.77. The van der Waals surface area contributed by atoms with Gasteiger partial charge < -0.3 is 4.74 Å². The van der Waals surface area contributed by atoms with E-state index in [9.17, 15) is 4.79 Å². The zero-order valence-electron chi connectivity index (χ0n) is 11.0. The Morgan fingerprint density at radius 3 is 2.82 bits per heavy atom. The van der Waals surface area contributed by atoms with Gasteiger partial charge in [-0.05, 0) is 55.4 Å². The van der Waals surface area contributed by atoms with E-state index in [1.807, 2.05) is 0 Å². The largest absolute Gasteiger partial charge is 0.366 e. The van der Waals surface area contributed by atoms with Crippen LogP contribution in [0.3, 0.4) is 0 Å². The molecule has 1 aliphatic heterocycles. The molecule has 0 aromatic carbocycles. The second kappa shape index (κ2) is 3.44. The van der Waals surface area contributed by atoms with Crippen molar-refractivity contribution >= 4 is 6.29 Å². The molecule has 3 aliphatic rings. The number of carbonyl (C=O) groups is 1. The monoisotopic (exact) mass is 234 g/mol. The topological polar surface area (TPSA) is 29.6 Å². The molecule has 1 heterocycles. The molecule has 3 rings (SSSR count). The zero-order valence-corrected chi connectivity index (χ0v) is 11.0. The molecule has 2 fully saturated rings. The minimum Gasteiger partial charge on any atom is -0.366 e. The second-order valence-corrected chi connectivity index (χ2v) is 6.81. The molecule has 94 valence electrons. The SMILES string of the molecule is CC1(C)[C@@H]2CC[C@@]3(C)O[C@@H]3CC/C(C=O)=C/[C@@H]21. The molecular formula is C15H22O2. The van der Waals surface area contributed by atoms with Crippen LogP contribution in [0.4, 0.5) is 0 Å². The Morgan fingerprint density at radius 2 is 2.12 bits per heavy atom. The summed E-state index contributed by atoms with van der Waals surface area (Å²) in [7, 11) is 0. The van der Waals surface area contributed by atoms with Crippen LogP contribution >= 0.6 is 0 Å². The third-order valence-corrected chi connectivity index (χ3v) is 5.37. The van der Waals surface area contributed by atoms with Gasteiger partial charge >= 0.3 is 0 Å². The fourth-order valence-corrected chi connectivity index (χ4v) is 3.70. The lowest BCUT2D eigenvalue weighted by molar-refractivity contribution is -0.105. The van der Waals surface area contributed by atoms with Crippen molar-refractivity contribution in [3.05, 3.63) is 11.6 Å². The Labute approximate surface area is 103 Å². The van der Waals surface area contributed by atoms with Crippen LogP contribution in [0.1, 0.15) is 46.5 Å². The summed E-state index contributed by atoms with van der Waals surface area (Å²) in [6, 6.07) is 0. The number of aldehydes is 1. The van der Waals surface area contributed by atoms with Crippen molar-refractivity contribution in [2.24, 2.45) is 17.3 Å². The number of allylic oxidation sites excluding steroid dienone is 2. The van der Waals surface area contributed by atoms with E-state index in [0.29, 0.717) is 17.4 Å². The van der Waals surface area contributed by atoms with E-state index in [1.54, 1.807) is 0 Å². The summed E-state index contributed by atoms with van der Waals surface area (Å²) in [6.07, 6.45) is 8.02.